The molecule has 27 heavy (non-hydrogen) atoms. The normalized spacial score (nSPS) is 10.5. The van der Waals surface area contributed by atoms with Gasteiger partial charge in [0, 0.05) is 18.2 Å². The van der Waals surface area contributed by atoms with Crippen molar-refractivity contribution in [2.75, 3.05) is 13.2 Å². The van der Waals surface area contributed by atoms with Crippen molar-refractivity contribution in [3.8, 4) is 17.0 Å². The molecule has 1 aromatic heterocycles. The second kappa shape index (κ2) is 9.40. The highest BCUT2D eigenvalue weighted by Crippen LogP contribution is 2.22. The third kappa shape index (κ3) is 5.86. The second-order valence-electron chi connectivity index (χ2n) is 5.82. The molecule has 0 saturated carbocycles. The maximum absolute atomic E-state index is 10.5. The lowest BCUT2D eigenvalue weighted by Gasteiger charge is -2.06. The topological polar surface area (TPSA) is 99.6 Å². The zero-order chi connectivity index (χ0) is 18.9. The molecule has 0 radical (unpaired) electrons. The molecule has 2 aromatic carbocycles. The summed E-state index contributed by atoms with van der Waals surface area (Å²) >= 11 is 0. The molecule has 0 atom stereocenters. The summed E-state index contributed by atoms with van der Waals surface area (Å²) < 4.78 is 15.7. The molecule has 7 nitrogen and oxygen atoms in total. The summed E-state index contributed by atoms with van der Waals surface area (Å²) in [5.41, 5.74) is 7.69. The third-order valence-electron chi connectivity index (χ3n) is 3.78. The highest BCUT2D eigenvalue weighted by Gasteiger charge is 2.07. The number of nitrogens with zero attached hydrogens (tertiary/aromatic N) is 1. The van der Waals surface area contributed by atoms with Gasteiger partial charge in [0.15, 0.2) is 5.76 Å². The fourth-order valence-corrected chi connectivity index (χ4v) is 2.43. The van der Waals surface area contributed by atoms with Gasteiger partial charge in [0.05, 0.1) is 6.54 Å². The van der Waals surface area contributed by atoms with Crippen molar-refractivity contribution in [1.29, 1.82) is 0 Å². The zero-order valence-corrected chi connectivity index (χ0v) is 14.8. The maximum Gasteiger partial charge on any atom is 0.404 e. The Bertz CT molecular complexity index is 847. The van der Waals surface area contributed by atoms with Crippen molar-refractivity contribution in [3.05, 3.63) is 72.0 Å². The Balaban J connectivity index is 1.48. The number of ether oxygens (including phenoxy) is 2. The van der Waals surface area contributed by atoms with Gasteiger partial charge in [-0.1, -0.05) is 35.5 Å². The summed E-state index contributed by atoms with van der Waals surface area (Å²) in [5, 5.41) is 7.15. The molecule has 0 fully saturated rings. The number of aromatic nitrogens is 1. The van der Waals surface area contributed by atoms with E-state index in [0.717, 1.165) is 22.6 Å². The number of hydrogen-bond acceptors (Lipinski definition) is 6. The monoisotopic (exact) mass is 367 g/mol. The van der Waals surface area contributed by atoms with Crippen LogP contribution >= 0.6 is 0 Å². The van der Waals surface area contributed by atoms with Gasteiger partial charge in [-0.3, -0.25) is 0 Å². The molecule has 140 valence electrons. The highest BCUT2D eigenvalue weighted by molar-refractivity contribution is 5.64. The predicted octanol–water partition coefficient (Wildman–Crippen LogP) is 3.11. The minimum Gasteiger partial charge on any atom is -0.489 e. The van der Waals surface area contributed by atoms with Crippen molar-refractivity contribution in [3.63, 3.8) is 0 Å². The van der Waals surface area contributed by atoms with Gasteiger partial charge in [0.2, 0.25) is 0 Å². The minimum atomic E-state index is -0.782. The third-order valence-corrected chi connectivity index (χ3v) is 3.78. The standard InChI is InChI=1S/C20H21N3O4/c21-20(24)25-11-10-22-13-18-12-19(23-27-18)16-6-8-17(9-7-16)26-14-15-4-2-1-3-5-15/h1-9,12,22H,10-11,13-14H2,(H2,21,24). The molecule has 0 aliphatic heterocycles. The first-order valence-corrected chi connectivity index (χ1v) is 8.56. The molecule has 0 spiro atoms. The highest BCUT2D eigenvalue weighted by atomic mass is 16.5. The average molecular weight is 367 g/mol. The number of rotatable bonds is 9. The molecule has 0 bridgehead atoms. The van der Waals surface area contributed by atoms with Crippen LogP contribution < -0.4 is 15.8 Å². The van der Waals surface area contributed by atoms with Gasteiger partial charge in [-0.15, -0.1) is 0 Å². The maximum atomic E-state index is 10.5. The summed E-state index contributed by atoms with van der Waals surface area (Å²) in [4.78, 5) is 10.5. The fraction of sp³-hybridized carbons (Fsp3) is 0.200. The van der Waals surface area contributed by atoms with Crippen molar-refractivity contribution in [2.24, 2.45) is 5.73 Å². The van der Waals surface area contributed by atoms with E-state index in [1.807, 2.05) is 60.7 Å². The number of nitrogens with one attached hydrogen (secondary N) is 1. The molecule has 0 aliphatic rings. The van der Waals surface area contributed by atoms with E-state index in [9.17, 15) is 4.79 Å². The van der Waals surface area contributed by atoms with Gasteiger partial charge in [-0.25, -0.2) is 4.79 Å². The lowest BCUT2D eigenvalue weighted by atomic mass is 10.1. The van der Waals surface area contributed by atoms with E-state index in [-0.39, 0.29) is 6.61 Å². The van der Waals surface area contributed by atoms with Gasteiger partial charge in [-0.2, -0.15) is 0 Å². The van der Waals surface area contributed by atoms with E-state index in [0.29, 0.717) is 25.5 Å². The smallest absolute Gasteiger partial charge is 0.404 e. The molecule has 0 aliphatic carbocycles. The molecule has 0 saturated heterocycles. The van der Waals surface area contributed by atoms with Gasteiger partial charge >= 0.3 is 6.09 Å². The molecular weight excluding hydrogens is 346 g/mol. The van der Waals surface area contributed by atoms with Crippen LogP contribution in [0.15, 0.2) is 65.2 Å². The number of carbonyl (C=O) groups is 1. The fourth-order valence-electron chi connectivity index (χ4n) is 2.43. The average Bonchev–Trinajstić information content (AvgIpc) is 3.16. The Hall–Kier alpha value is -3.32. The molecule has 1 heterocycles. The minimum absolute atomic E-state index is 0.209. The Kier molecular flexibility index (Phi) is 6.43. The van der Waals surface area contributed by atoms with Crippen molar-refractivity contribution in [2.45, 2.75) is 13.2 Å². The van der Waals surface area contributed by atoms with Crippen molar-refractivity contribution >= 4 is 6.09 Å². The number of amides is 1. The van der Waals surface area contributed by atoms with Crippen molar-refractivity contribution < 1.29 is 18.8 Å². The van der Waals surface area contributed by atoms with E-state index in [4.69, 9.17) is 15.0 Å². The number of carbonyl (C=O) groups excluding carboxylic acids is 1. The quantitative estimate of drug-likeness (QED) is 0.564. The molecule has 3 rings (SSSR count). The SMILES string of the molecule is NC(=O)OCCNCc1cc(-c2ccc(OCc3ccccc3)cc2)no1. The van der Waals surface area contributed by atoms with Gasteiger partial charge in [0.1, 0.15) is 24.7 Å². The summed E-state index contributed by atoms with van der Waals surface area (Å²) in [6.45, 7) is 1.69. The van der Waals surface area contributed by atoms with Crippen LogP contribution in [0.2, 0.25) is 0 Å². The lowest BCUT2D eigenvalue weighted by Crippen LogP contribution is -2.23. The Morgan fingerprint density at radius 3 is 2.63 bits per heavy atom. The Morgan fingerprint density at radius 1 is 1.11 bits per heavy atom. The molecule has 0 unspecified atom stereocenters. The van der Waals surface area contributed by atoms with Gasteiger partial charge in [0.25, 0.3) is 0 Å². The van der Waals surface area contributed by atoms with Crippen LogP contribution in [0.4, 0.5) is 4.79 Å². The summed E-state index contributed by atoms with van der Waals surface area (Å²) in [6.07, 6.45) is -0.782. The van der Waals surface area contributed by atoms with E-state index >= 15 is 0 Å². The van der Waals surface area contributed by atoms with Crippen LogP contribution in [0.5, 0.6) is 5.75 Å². The number of benzene rings is 2. The van der Waals surface area contributed by atoms with Crippen LogP contribution in [0.1, 0.15) is 11.3 Å². The Morgan fingerprint density at radius 2 is 1.89 bits per heavy atom. The second-order valence-corrected chi connectivity index (χ2v) is 5.82. The van der Waals surface area contributed by atoms with Crippen LogP contribution in [0, 0.1) is 0 Å². The van der Waals surface area contributed by atoms with E-state index in [2.05, 4.69) is 15.2 Å². The molecular formula is C20H21N3O4. The first kappa shape index (κ1) is 18.5. The summed E-state index contributed by atoms with van der Waals surface area (Å²) in [6, 6.07) is 19.6. The number of primary amides is 1. The number of hydrogen-bond donors (Lipinski definition) is 2. The summed E-state index contributed by atoms with van der Waals surface area (Å²) in [7, 11) is 0. The van der Waals surface area contributed by atoms with E-state index < -0.39 is 6.09 Å². The van der Waals surface area contributed by atoms with Crippen LogP contribution in [-0.2, 0) is 17.9 Å². The molecule has 1 amide bonds. The molecule has 3 N–H and O–H groups in total. The van der Waals surface area contributed by atoms with Crippen LogP contribution in [0.25, 0.3) is 11.3 Å². The number of nitrogens with two attached hydrogens (primary N) is 1. The molecule has 7 heteroatoms. The molecule has 3 aromatic rings. The Labute approximate surface area is 157 Å². The van der Waals surface area contributed by atoms with E-state index in [1.165, 1.54) is 0 Å². The largest absolute Gasteiger partial charge is 0.489 e. The zero-order valence-electron chi connectivity index (χ0n) is 14.8. The summed E-state index contributed by atoms with van der Waals surface area (Å²) in [5.74, 6) is 1.48. The van der Waals surface area contributed by atoms with Gasteiger partial charge < -0.3 is 25.0 Å². The first-order valence-electron chi connectivity index (χ1n) is 8.56. The van der Waals surface area contributed by atoms with E-state index in [1.54, 1.807) is 0 Å². The van der Waals surface area contributed by atoms with Crippen molar-refractivity contribution in [1.82, 2.24) is 10.5 Å². The van der Waals surface area contributed by atoms with Crippen LogP contribution in [0.3, 0.4) is 0 Å². The van der Waals surface area contributed by atoms with Gasteiger partial charge in [-0.05, 0) is 29.8 Å². The lowest BCUT2D eigenvalue weighted by molar-refractivity contribution is 0.157. The first-order chi connectivity index (χ1) is 13.2. The predicted molar refractivity (Wildman–Crippen MR) is 100.0 cm³/mol. The van der Waals surface area contributed by atoms with Crippen LogP contribution in [-0.4, -0.2) is 24.4 Å².